The summed E-state index contributed by atoms with van der Waals surface area (Å²) in [5.74, 6) is 0. The lowest BCUT2D eigenvalue weighted by Crippen LogP contribution is -2.20. The predicted molar refractivity (Wildman–Crippen MR) is 94.7 cm³/mol. The van der Waals surface area contributed by atoms with Crippen LogP contribution in [0.25, 0.3) is 10.6 Å². The van der Waals surface area contributed by atoms with Crippen LogP contribution in [-0.4, -0.2) is 9.55 Å². The highest BCUT2D eigenvalue weighted by molar-refractivity contribution is 7.14. The molecule has 3 aromatic rings. The van der Waals surface area contributed by atoms with Gasteiger partial charge in [-0.3, -0.25) is 4.98 Å². The van der Waals surface area contributed by atoms with Gasteiger partial charge in [0, 0.05) is 17.6 Å². The molecule has 0 amide bonds. The highest BCUT2D eigenvalue weighted by atomic mass is 32.1. The van der Waals surface area contributed by atoms with Crippen molar-refractivity contribution in [2.45, 2.75) is 32.7 Å². The number of thiazole rings is 1. The van der Waals surface area contributed by atoms with Gasteiger partial charge in [0.05, 0.1) is 22.5 Å². The molecule has 0 aromatic carbocycles. The molecule has 3 rings (SSSR count). The summed E-state index contributed by atoms with van der Waals surface area (Å²) < 4.78 is 2.39. The highest BCUT2D eigenvalue weighted by Crippen LogP contribution is 2.29. The SMILES string of the molecule is CCC(CC)n1c(-c2cccs2)csc1=Nc1cccnc1. The fraction of sp³-hybridized carbons (Fsp3) is 0.294. The molecule has 0 radical (unpaired) electrons. The zero-order chi connectivity index (χ0) is 15.4. The lowest BCUT2D eigenvalue weighted by molar-refractivity contribution is 0.467. The molecule has 3 aromatic heterocycles. The molecule has 3 heterocycles. The number of hydrogen-bond donors (Lipinski definition) is 0. The monoisotopic (exact) mass is 329 g/mol. The van der Waals surface area contributed by atoms with E-state index in [1.54, 1.807) is 28.9 Å². The largest absolute Gasteiger partial charge is 0.313 e. The normalized spacial score (nSPS) is 12.2. The smallest absolute Gasteiger partial charge is 0.190 e. The highest BCUT2D eigenvalue weighted by Gasteiger charge is 2.15. The molecule has 0 saturated carbocycles. The van der Waals surface area contributed by atoms with Gasteiger partial charge in [0.15, 0.2) is 4.80 Å². The van der Waals surface area contributed by atoms with Gasteiger partial charge in [-0.25, -0.2) is 4.99 Å². The van der Waals surface area contributed by atoms with E-state index in [2.05, 4.69) is 46.3 Å². The van der Waals surface area contributed by atoms with Crippen LogP contribution in [-0.2, 0) is 0 Å². The first kappa shape index (κ1) is 15.2. The lowest BCUT2D eigenvalue weighted by Gasteiger charge is -2.17. The molecular formula is C17H19N3S2. The molecule has 0 N–H and O–H groups in total. The van der Waals surface area contributed by atoms with Gasteiger partial charge in [-0.2, -0.15) is 0 Å². The third-order valence-electron chi connectivity index (χ3n) is 3.69. The second-order valence-corrected chi connectivity index (χ2v) is 6.83. The summed E-state index contributed by atoms with van der Waals surface area (Å²) in [6.45, 7) is 4.48. The van der Waals surface area contributed by atoms with Crippen LogP contribution in [0.2, 0.25) is 0 Å². The van der Waals surface area contributed by atoms with Crippen molar-refractivity contribution >= 4 is 28.4 Å². The molecule has 3 nitrogen and oxygen atoms in total. The molecule has 0 aliphatic heterocycles. The molecule has 114 valence electrons. The Kier molecular flexibility index (Phi) is 4.85. The average molecular weight is 329 g/mol. The Morgan fingerprint density at radius 3 is 2.68 bits per heavy atom. The number of thiophene rings is 1. The van der Waals surface area contributed by atoms with Crippen molar-refractivity contribution in [2.24, 2.45) is 4.99 Å². The molecule has 0 fully saturated rings. The van der Waals surface area contributed by atoms with E-state index in [0.29, 0.717) is 6.04 Å². The third-order valence-corrected chi connectivity index (χ3v) is 5.43. The summed E-state index contributed by atoms with van der Waals surface area (Å²) in [6.07, 6.45) is 5.79. The topological polar surface area (TPSA) is 30.2 Å². The molecule has 0 aliphatic carbocycles. The Morgan fingerprint density at radius 1 is 1.18 bits per heavy atom. The van der Waals surface area contributed by atoms with E-state index in [9.17, 15) is 0 Å². The van der Waals surface area contributed by atoms with Crippen LogP contribution >= 0.6 is 22.7 Å². The van der Waals surface area contributed by atoms with Gasteiger partial charge >= 0.3 is 0 Å². The summed E-state index contributed by atoms with van der Waals surface area (Å²) >= 11 is 3.48. The van der Waals surface area contributed by atoms with E-state index in [-0.39, 0.29) is 0 Å². The van der Waals surface area contributed by atoms with Gasteiger partial charge in [-0.1, -0.05) is 19.9 Å². The molecule has 0 aliphatic rings. The summed E-state index contributed by atoms with van der Waals surface area (Å²) in [6, 6.07) is 8.67. The standard InChI is InChI=1S/C17H19N3S2/c1-3-14(4-2)20-15(16-8-6-10-21-16)12-22-17(20)19-13-7-5-9-18-11-13/h5-12,14H,3-4H2,1-2H3. The maximum absolute atomic E-state index is 4.81. The first-order valence-corrected chi connectivity index (χ1v) is 9.28. The van der Waals surface area contributed by atoms with Crippen molar-refractivity contribution in [3.05, 3.63) is 52.2 Å². The molecule has 0 bridgehead atoms. The number of pyridine rings is 1. The molecule has 0 unspecified atom stereocenters. The lowest BCUT2D eigenvalue weighted by atomic mass is 10.1. The van der Waals surface area contributed by atoms with Crippen LogP contribution in [0.15, 0.2) is 52.4 Å². The second kappa shape index (κ2) is 7.03. The Labute approximate surface area is 138 Å². The average Bonchev–Trinajstić information content (AvgIpc) is 3.20. The summed E-state index contributed by atoms with van der Waals surface area (Å²) in [5, 5.41) is 4.35. The van der Waals surface area contributed by atoms with Crippen LogP contribution in [0.1, 0.15) is 32.7 Å². The van der Waals surface area contributed by atoms with Crippen molar-refractivity contribution < 1.29 is 0 Å². The van der Waals surface area contributed by atoms with Gasteiger partial charge < -0.3 is 4.57 Å². The van der Waals surface area contributed by atoms with Crippen molar-refractivity contribution in [1.29, 1.82) is 0 Å². The van der Waals surface area contributed by atoms with E-state index in [1.807, 2.05) is 18.3 Å². The Balaban J connectivity index is 2.17. The fourth-order valence-electron chi connectivity index (χ4n) is 2.54. The van der Waals surface area contributed by atoms with Gasteiger partial charge in [0.1, 0.15) is 0 Å². The van der Waals surface area contributed by atoms with E-state index in [4.69, 9.17) is 4.99 Å². The van der Waals surface area contributed by atoms with Crippen molar-refractivity contribution in [1.82, 2.24) is 9.55 Å². The predicted octanol–water partition coefficient (Wildman–Crippen LogP) is 5.27. The van der Waals surface area contributed by atoms with Crippen LogP contribution in [0, 0.1) is 0 Å². The summed E-state index contributed by atoms with van der Waals surface area (Å²) in [5.41, 5.74) is 2.18. The van der Waals surface area contributed by atoms with E-state index < -0.39 is 0 Å². The Hall–Kier alpha value is -1.72. The Bertz CT molecular complexity index is 766. The fourth-order valence-corrected chi connectivity index (χ4v) is 4.33. The van der Waals surface area contributed by atoms with E-state index >= 15 is 0 Å². The van der Waals surface area contributed by atoms with Crippen LogP contribution in [0.3, 0.4) is 0 Å². The van der Waals surface area contributed by atoms with E-state index in [0.717, 1.165) is 23.3 Å². The maximum atomic E-state index is 4.81. The number of nitrogens with zero attached hydrogens (tertiary/aromatic N) is 3. The zero-order valence-corrected chi connectivity index (χ0v) is 14.4. The number of hydrogen-bond acceptors (Lipinski definition) is 4. The first-order chi connectivity index (χ1) is 10.8. The Morgan fingerprint density at radius 2 is 2.05 bits per heavy atom. The minimum Gasteiger partial charge on any atom is -0.313 e. The van der Waals surface area contributed by atoms with Crippen LogP contribution in [0.4, 0.5) is 5.69 Å². The van der Waals surface area contributed by atoms with Crippen molar-refractivity contribution in [3.8, 4) is 10.6 Å². The number of aromatic nitrogens is 2. The molecule has 22 heavy (non-hydrogen) atoms. The third kappa shape index (κ3) is 3.05. The van der Waals surface area contributed by atoms with Gasteiger partial charge in [-0.15, -0.1) is 22.7 Å². The molecule has 0 atom stereocenters. The summed E-state index contributed by atoms with van der Waals surface area (Å²) in [7, 11) is 0. The second-order valence-electron chi connectivity index (χ2n) is 5.04. The molecule has 0 saturated heterocycles. The van der Waals surface area contributed by atoms with Gasteiger partial charge in [0.25, 0.3) is 0 Å². The first-order valence-electron chi connectivity index (χ1n) is 7.52. The minimum absolute atomic E-state index is 0.471. The van der Waals surface area contributed by atoms with Gasteiger partial charge in [-0.05, 0) is 36.4 Å². The van der Waals surface area contributed by atoms with Crippen LogP contribution < -0.4 is 4.80 Å². The van der Waals surface area contributed by atoms with E-state index in [1.165, 1.54) is 10.6 Å². The minimum atomic E-state index is 0.471. The zero-order valence-electron chi connectivity index (χ0n) is 12.8. The molecule has 5 heteroatoms. The molecular weight excluding hydrogens is 310 g/mol. The number of rotatable bonds is 5. The van der Waals surface area contributed by atoms with Crippen LogP contribution in [0.5, 0.6) is 0 Å². The van der Waals surface area contributed by atoms with Crippen molar-refractivity contribution in [3.63, 3.8) is 0 Å². The van der Waals surface area contributed by atoms with Gasteiger partial charge in [0.2, 0.25) is 0 Å². The summed E-state index contributed by atoms with van der Waals surface area (Å²) in [4.78, 5) is 11.3. The van der Waals surface area contributed by atoms with Crippen molar-refractivity contribution in [2.75, 3.05) is 0 Å². The quantitative estimate of drug-likeness (QED) is 0.627. The molecule has 0 spiro atoms. The maximum Gasteiger partial charge on any atom is 0.190 e.